The molecule has 0 aliphatic rings. The van der Waals surface area contributed by atoms with Crippen molar-refractivity contribution in [1.29, 1.82) is 0 Å². The van der Waals surface area contributed by atoms with Crippen LogP contribution in [0.5, 0.6) is 5.75 Å². The first-order chi connectivity index (χ1) is 11.3. The third-order valence-corrected chi connectivity index (χ3v) is 3.95. The van der Waals surface area contributed by atoms with E-state index in [1.54, 1.807) is 0 Å². The monoisotopic (exact) mass is 393 g/mol. The van der Waals surface area contributed by atoms with Crippen molar-refractivity contribution in [1.82, 2.24) is 0 Å². The Labute approximate surface area is 151 Å². The molecule has 2 aromatic carbocycles. The van der Waals surface area contributed by atoms with Crippen molar-refractivity contribution in [3.05, 3.63) is 34.8 Å². The van der Waals surface area contributed by atoms with E-state index in [1.165, 1.54) is 0 Å². The summed E-state index contributed by atoms with van der Waals surface area (Å²) in [7, 11) is 0. The number of halogens is 1. The minimum Gasteiger partial charge on any atom is -0.493 e. The smallest absolute Gasteiger partial charge is 0.412 e. The van der Waals surface area contributed by atoms with Gasteiger partial charge in [0.1, 0.15) is 11.4 Å². The van der Waals surface area contributed by atoms with Crippen LogP contribution in [0.1, 0.15) is 40.5 Å². The molecular weight excluding hydrogens is 370 g/mol. The van der Waals surface area contributed by atoms with E-state index in [1.807, 2.05) is 51.1 Å². The summed E-state index contributed by atoms with van der Waals surface area (Å²) in [6.07, 6.45) is 1.57. The summed E-state index contributed by atoms with van der Waals surface area (Å²) < 4.78 is 12.2. The summed E-state index contributed by atoms with van der Waals surface area (Å²) in [4.78, 5) is 12.0. The van der Waals surface area contributed by atoms with Gasteiger partial charge in [0.15, 0.2) is 0 Å². The quantitative estimate of drug-likeness (QED) is 0.621. The Bertz CT molecular complexity index is 722. The first-order valence-electron chi connectivity index (χ1n) is 8.15. The second-order valence-electron chi connectivity index (χ2n) is 6.64. The number of unbranched alkanes of at least 4 members (excludes halogenated alkanes) is 1. The van der Waals surface area contributed by atoms with E-state index >= 15 is 0 Å². The number of amides is 1. The maximum atomic E-state index is 12.0. The summed E-state index contributed by atoms with van der Waals surface area (Å²) in [5, 5.41) is 4.78. The van der Waals surface area contributed by atoms with Gasteiger partial charge in [-0.3, -0.25) is 5.32 Å². The molecule has 0 unspecified atom stereocenters. The predicted octanol–water partition coefficient (Wildman–Crippen LogP) is 6.13. The summed E-state index contributed by atoms with van der Waals surface area (Å²) in [6, 6.07) is 9.69. The first-order valence-corrected chi connectivity index (χ1v) is 8.94. The maximum Gasteiger partial charge on any atom is 0.412 e. The van der Waals surface area contributed by atoms with Gasteiger partial charge in [-0.05, 0) is 44.7 Å². The minimum absolute atomic E-state index is 0.476. The van der Waals surface area contributed by atoms with Gasteiger partial charge < -0.3 is 9.47 Å². The number of carbonyl (C=O) groups excluding carboxylic acids is 1. The van der Waals surface area contributed by atoms with Gasteiger partial charge in [-0.2, -0.15) is 0 Å². The lowest BCUT2D eigenvalue weighted by atomic mass is 10.1. The number of carbonyl (C=O) groups is 1. The zero-order valence-electron chi connectivity index (χ0n) is 14.6. The van der Waals surface area contributed by atoms with Crippen molar-refractivity contribution in [3.8, 4) is 5.75 Å². The molecule has 0 saturated carbocycles. The Hall–Kier alpha value is -1.75. The molecule has 0 saturated heterocycles. The van der Waals surface area contributed by atoms with Crippen molar-refractivity contribution in [3.63, 3.8) is 0 Å². The predicted molar refractivity (Wildman–Crippen MR) is 102 cm³/mol. The lowest BCUT2D eigenvalue weighted by Crippen LogP contribution is -2.27. The average molecular weight is 394 g/mol. The maximum absolute atomic E-state index is 12.0. The molecule has 24 heavy (non-hydrogen) atoms. The number of benzene rings is 2. The summed E-state index contributed by atoms with van der Waals surface area (Å²) in [6.45, 7) is 8.27. The zero-order chi connectivity index (χ0) is 17.7. The molecule has 4 nitrogen and oxygen atoms in total. The van der Waals surface area contributed by atoms with Gasteiger partial charge in [0.2, 0.25) is 0 Å². The van der Waals surface area contributed by atoms with Gasteiger partial charge in [-0.25, -0.2) is 4.79 Å². The van der Waals surface area contributed by atoms with Gasteiger partial charge in [0.05, 0.1) is 6.61 Å². The molecule has 0 fully saturated rings. The minimum atomic E-state index is -0.537. The number of nitrogens with one attached hydrogen (secondary N) is 1. The van der Waals surface area contributed by atoms with Crippen LogP contribution in [0.2, 0.25) is 0 Å². The van der Waals surface area contributed by atoms with Crippen LogP contribution in [0, 0.1) is 0 Å². The molecule has 5 heteroatoms. The lowest BCUT2D eigenvalue weighted by Gasteiger charge is -2.20. The molecule has 0 bridgehead atoms. The van der Waals surface area contributed by atoms with Crippen molar-refractivity contribution in [2.24, 2.45) is 0 Å². The molecule has 0 spiro atoms. The van der Waals surface area contributed by atoms with Gasteiger partial charge in [0.25, 0.3) is 0 Å². The molecule has 1 N–H and O–H groups in total. The highest BCUT2D eigenvalue weighted by Gasteiger charge is 2.17. The highest BCUT2D eigenvalue weighted by atomic mass is 79.9. The van der Waals surface area contributed by atoms with E-state index in [-0.39, 0.29) is 0 Å². The van der Waals surface area contributed by atoms with Crippen molar-refractivity contribution in [2.45, 2.75) is 46.1 Å². The molecule has 2 rings (SSSR count). The second-order valence-corrected chi connectivity index (χ2v) is 7.50. The Kier molecular flexibility index (Phi) is 6.10. The van der Waals surface area contributed by atoms with E-state index < -0.39 is 11.7 Å². The highest BCUT2D eigenvalue weighted by Crippen LogP contribution is 2.35. The topological polar surface area (TPSA) is 47.6 Å². The highest BCUT2D eigenvalue weighted by molar-refractivity contribution is 9.10. The fraction of sp³-hybridized carbons (Fsp3) is 0.421. The standard InChI is InChI=1S/C19H24BrNO3/c1-5-6-10-23-16-12-14(21-18(22)24-19(2,3)4)11-13-8-7-9-15(20)17(13)16/h7-9,11-12H,5-6,10H2,1-4H3,(H,21,22). The number of ether oxygens (including phenoxy) is 2. The Morgan fingerprint density at radius 2 is 2.00 bits per heavy atom. The molecule has 0 aliphatic carbocycles. The van der Waals surface area contributed by atoms with Crippen molar-refractivity contribution in [2.75, 3.05) is 11.9 Å². The lowest BCUT2D eigenvalue weighted by molar-refractivity contribution is 0.0636. The molecule has 0 heterocycles. The third-order valence-electron chi connectivity index (χ3n) is 3.29. The van der Waals surface area contributed by atoms with Crippen LogP contribution in [0.3, 0.4) is 0 Å². The van der Waals surface area contributed by atoms with Gasteiger partial charge >= 0.3 is 6.09 Å². The van der Waals surface area contributed by atoms with Crippen LogP contribution < -0.4 is 10.1 Å². The van der Waals surface area contributed by atoms with Crippen LogP contribution >= 0.6 is 15.9 Å². The van der Waals surface area contributed by atoms with Crippen LogP contribution in [-0.2, 0) is 4.74 Å². The second kappa shape index (κ2) is 7.88. The van der Waals surface area contributed by atoms with Gasteiger partial charge in [-0.1, -0.05) is 41.4 Å². The van der Waals surface area contributed by atoms with E-state index in [2.05, 4.69) is 28.2 Å². The normalized spacial score (nSPS) is 11.4. The molecule has 2 aromatic rings. The summed E-state index contributed by atoms with van der Waals surface area (Å²) in [5.41, 5.74) is 0.117. The Morgan fingerprint density at radius 1 is 1.25 bits per heavy atom. The van der Waals surface area contributed by atoms with Crippen LogP contribution in [0.15, 0.2) is 34.8 Å². The number of hydrogen-bond donors (Lipinski definition) is 1. The average Bonchev–Trinajstić information content (AvgIpc) is 2.45. The number of fused-ring (bicyclic) bond motifs is 1. The van der Waals surface area contributed by atoms with Crippen LogP contribution in [0.25, 0.3) is 10.8 Å². The molecule has 0 aromatic heterocycles. The van der Waals surface area contributed by atoms with E-state index in [4.69, 9.17) is 9.47 Å². The summed E-state index contributed by atoms with van der Waals surface area (Å²) in [5.74, 6) is 0.750. The SMILES string of the molecule is CCCCOc1cc(NC(=O)OC(C)(C)C)cc2cccc(Br)c12. The molecular formula is C19H24BrNO3. The molecule has 0 atom stereocenters. The fourth-order valence-electron chi connectivity index (χ4n) is 2.28. The molecule has 0 aliphatic heterocycles. The first kappa shape index (κ1) is 18.6. The van der Waals surface area contributed by atoms with Crippen LogP contribution in [0.4, 0.5) is 10.5 Å². The van der Waals surface area contributed by atoms with E-state index in [0.29, 0.717) is 12.3 Å². The largest absolute Gasteiger partial charge is 0.493 e. The van der Waals surface area contributed by atoms with Gasteiger partial charge in [-0.15, -0.1) is 0 Å². The Balaban J connectivity index is 2.32. The van der Waals surface area contributed by atoms with Crippen LogP contribution in [-0.4, -0.2) is 18.3 Å². The van der Waals surface area contributed by atoms with E-state index in [0.717, 1.165) is 33.8 Å². The number of anilines is 1. The van der Waals surface area contributed by atoms with E-state index in [9.17, 15) is 4.79 Å². The van der Waals surface area contributed by atoms with Gasteiger partial charge in [0, 0.05) is 21.6 Å². The molecule has 0 radical (unpaired) electrons. The Morgan fingerprint density at radius 3 is 2.67 bits per heavy atom. The fourth-order valence-corrected chi connectivity index (χ4v) is 2.85. The third kappa shape index (κ3) is 5.13. The summed E-state index contributed by atoms with van der Waals surface area (Å²) >= 11 is 3.58. The number of hydrogen-bond acceptors (Lipinski definition) is 3. The number of rotatable bonds is 5. The zero-order valence-corrected chi connectivity index (χ0v) is 16.2. The molecule has 130 valence electrons. The van der Waals surface area contributed by atoms with Crippen molar-refractivity contribution >= 4 is 38.5 Å². The van der Waals surface area contributed by atoms with Crippen molar-refractivity contribution < 1.29 is 14.3 Å². The molecule has 1 amide bonds.